The zero-order chi connectivity index (χ0) is 15.1. The number of rotatable bonds is 7. The number of hydrogen-bond donors (Lipinski definition) is 2. The number of amides is 1. The maximum atomic E-state index is 12.0. The molecule has 0 heterocycles. The normalized spacial score (nSPS) is 13.5. The predicted octanol–water partition coefficient (Wildman–Crippen LogP) is 1.80. The van der Waals surface area contributed by atoms with Crippen LogP contribution in [0.3, 0.4) is 0 Å². The Morgan fingerprint density at radius 2 is 2.10 bits per heavy atom. The van der Waals surface area contributed by atoms with Crippen molar-refractivity contribution < 1.29 is 18.9 Å². The van der Waals surface area contributed by atoms with Crippen LogP contribution in [0.5, 0.6) is 0 Å². The van der Waals surface area contributed by atoms with E-state index in [0.717, 1.165) is 12.8 Å². The molecule has 0 bridgehead atoms. The number of aromatic carboxylic acids is 1. The molecule has 0 aliphatic heterocycles. The van der Waals surface area contributed by atoms with Crippen molar-refractivity contribution in [2.75, 3.05) is 5.75 Å². The molecular weight excluding hydrogens is 278 g/mol. The summed E-state index contributed by atoms with van der Waals surface area (Å²) in [5.74, 6) is -1.52. The maximum Gasteiger partial charge on any atom is 0.335 e. The Kier molecular flexibility index (Phi) is 6.38. The second-order valence-electron chi connectivity index (χ2n) is 4.58. The molecule has 20 heavy (non-hydrogen) atoms. The first kappa shape index (κ1) is 16.4. The van der Waals surface area contributed by atoms with Crippen LogP contribution in [0.4, 0.5) is 0 Å². The molecule has 0 aliphatic carbocycles. The van der Waals surface area contributed by atoms with Crippen LogP contribution < -0.4 is 5.32 Å². The second-order valence-corrected chi connectivity index (χ2v) is 6.03. The van der Waals surface area contributed by atoms with Crippen molar-refractivity contribution in [2.45, 2.75) is 37.6 Å². The number of benzene rings is 1. The van der Waals surface area contributed by atoms with Gasteiger partial charge in [0.15, 0.2) is 0 Å². The highest BCUT2D eigenvalue weighted by Gasteiger charge is 2.13. The zero-order valence-electron chi connectivity index (χ0n) is 11.6. The zero-order valence-corrected chi connectivity index (χ0v) is 12.4. The Morgan fingerprint density at radius 1 is 1.40 bits per heavy atom. The van der Waals surface area contributed by atoms with Gasteiger partial charge < -0.3 is 10.4 Å². The summed E-state index contributed by atoms with van der Waals surface area (Å²) in [5.41, 5.74) is 0.0654. The van der Waals surface area contributed by atoms with Gasteiger partial charge in [0.1, 0.15) is 5.75 Å². The summed E-state index contributed by atoms with van der Waals surface area (Å²) in [6, 6.07) is 5.89. The fourth-order valence-electron chi connectivity index (χ4n) is 1.79. The van der Waals surface area contributed by atoms with E-state index in [0.29, 0.717) is 4.90 Å². The van der Waals surface area contributed by atoms with Gasteiger partial charge in [-0.15, -0.1) is 0 Å². The lowest BCUT2D eigenvalue weighted by Gasteiger charge is -2.12. The highest BCUT2D eigenvalue weighted by Crippen LogP contribution is 2.10. The highest BCUT2D eigenvalue weighted by molar-refractivity contribution is 7.85. The summed E-state index contributed by atoms with van der Waals surface area (Å²) in [6.45, 7) is 3.92. The number of carbonyl (C=O) groups excluding carboxylic acids is 1. The van der Waals surface area contributed by atoms with E-state index >= 15 is 0 Å². The Bertz CT molecular complexity index is 516. The number of hydrogen-bond acceptors (Lipinski definition) is 3. The first-order valence-electron chi connectivity index (χ1n) is 6.45. The van der Waals surface area contributed by atoms with Crippen LogP contribution in [0.15, 0.2) is 29.2 Å². The summed E-state index contributed by atoms with van der Waals surface area (Å²) in [7, 11) is -1.54. The van der Waals surface area contributed by atoms with E-state index in [4.69, 9.17) is 5.11 Å². The molecule has 5 nitrogen and oxygen atoms in total. The quantitative estimate of drug-likeness (QED) is 0.804. The summed E-state index contributed by atoms with van der Waals surface area (Å²) in [4.78, 5) is 22.9. The molecule has 1 aromatic rings. The fraction of sp³-hybridized carbons (Fsp3) is 0.429. The monoisotopic (exact) mass is 297 g/mol. The molecule has 2 unspecified atom stereocenters. The minimum Gasteiger partial charge on any atom is -0.478 e. The molecule has 110 valence electrons. The van der Waals surface area contributed by atoms with Crippen molar-refractivity contribution in [3.63, 3.8) is 0 Å². The smallest absolute Gasteiger partial charge is 0.335 e. The van der Waals surface area contributed by atoms with Crippen LogP contribution >= 0.6 is 0 Å². The molecule has 6 heteroatoms. The highest BCUT2D eigenvalue weighted by atomic mass is 32.2. The largest absolute Gasteiger partial charge is 0.478 e. The Labute approximate surface area is 120 Å². The van der Waals surface area contributed by atoms with Crippen molar-refractivity contribution >= 4 is 22.7 Å². The van der Waals surface area contributed by atoms with Gasteiger partial charge in [-0.1, -0.05) is 19.4 Å². The summed E-state index contributed by atoms with van der Waals surface area (Å²) in [5, 5.41) is 11.6. The topological polar surface area (TPSA) is 83.5 Å². The average molecular weight is 297 g/mol. The molecule has 0 aromatic heterocycles. The molecule has 1 aromatic carbocycles. The number of carboxylic acids is 1. The van der Waals surface area contributed by atoms with Crippen LogP contribution in [-0.4, -0.2) is 33.0 Å². The number of nitrogens with one attached hydrogen (secondary N) is 1. The molecule has 0 radical (unpaired) electrons. The van der Waals surface area contributed by atoms with Crippen LogP contribution in [0.25, 0.3) is 0 Å². The van der Waals surface area contributed by atoms with E-state index in [9.17, 15) is 13.8 Å². The second kappa shape index (κ2) is 7.79. The summed E-state index contributed by atoms with van der Waals surface area (Å²) in [6.07, 6.45) is 1.83. The van der Waals surface area contributed by atoms with E-state index in [1.165, 1.54) is 18.2 Å². The van der Waals surface area contributed by atoms with Gasteiger partial charge in [-0.3, -0.25) is 9.00 Å². The first-order chi connectivity index (χ1) is 9.43. The van der Waals surface area contributed by atoms with E-state index < -0.39 is 16.8 Å². The molecule has 0 saturated carbocycles. The summed E-state index contributed by atoms with van der Waals surface area (Å²) < 4.78 is 12.0. The van der Waals surface area contributed by atoms with Crippen molar-refractivity contribution in [3.05, 3.63) is 29.8 Å². The van der Waals surface area contributed by atoms with Gasteiger partial charge in [-0.25, -0.2) is 4.79 Å². The Morgan fingerprint density at radius 3 is 2.70 bits per heavy atom. The van der Waals surface area contributed by atoms with Crippen LogP contribution in [0.1, 0.15) is 37.0 Å². The van der Waals surface area contributed by atoms with Gasteiger partial charge in [0.05, 0.1) is 16.4 Å². The lowest BCUT2D eigenvalue weighted by Crippen LogP contribution is -2.35. The Balaban J connectivity index is 2.64. The van der Waals surface area contributed by atoms with Crippen molar-refractivity contribution in [3.8, 4) is 0 Å². The van der Waals surface area contributed by atoms with Crippen molar-refractivity contribution in [1.82, 2.24) is 5.32 Å². The van der Waals surface area contributed by atoms with Crippen molar-refractivity contribution in [1.29, 1.82) is 0 Å². The fourth-order valence-corrected chi connectivity index (χ4v) is 2.77. The number of carboxylic acid groups (broad SMARTS) is 1. The lowest BCUT2D eigenvalue weighted by atomic mass is 10.2. The van der Waals surface area contributed by atoms with E-state index in [-0.39, 0.29) is 23.3 Å². The third kappa shape index (κ3) is 5.13. The molecule has 2 N–H and O–H groups in total. The van der Waals surface area contributed by atoms with Crippen LogP contribution in [0.2, 0.25) is 0 Å². The van der Waals surface area contributed by atoms with Gasteiger partial charge >= 0.3 is 5.97 Å². The summed E-state index contributed by atoms with van der Waals surface area (Å²) >= 11 is 0. The predicted molar refractivity (Wildman–Crippen MR) is 77.2 cm³/mol. The molecule has 1 amide bonds. The molecular formula is C14H19NO4S. The number of carbonyl (C=O) groups is 2. The van der Waals surface area contributed by atoms with Gasteiger partial charge in [0.25, 0.3) is 0 Å². The van der Waals surface area contributed by atoms with E-state index in [1.807, 2.05) is 13.8 Å². The van der Waals surface area contributed by atoms with Crippen LogP contribution in [-0.2, 0) is 15.6 Å². The van der Waals surface area contributed by atoms with E-state index in [2.05, 4.69) is 5.32 Å². The minimum atomic E-state index is -1.54. The van der Waals surface area contributed by atoms with Crippen molar-refractivity contribution in [2.24, 2.45) is 0 Å². The lowest BCUT2D eigenvalue weighted by molar-refractivity contribution is -0.119. The molecule has 0 fully saturated rings. The molecule has 0 aliphatic rings. The first-order valence-corrected chi connectivity index (χ1v) is 7.77. The average Bonchev–Trinajstić information content (AvgIpc) is 2.38. The third-order valence-electron chi connectivity index (χ3n) is 2.74. The SMILES string of the molecule is CCCC(C)NC(=O)CS(=O)c1cccc(C(=O)O)c1. The van der Waals surface area contributed by atoms with Gasteiger partial charge in [0.2, 0.25) is 5.91 Å². The van der Waals surface area contributed by atoms with E-state index in [1.54, 1.807) is 6.07 Å². The standard InChI is InChI=1S/C14H19NO4S/c1-3-5-10(2)15-13(16)9-20(19)12-7-4-6-11(8-12)14(17)18/h4,6-8,10H,3,5,9H2,1-2H3,(H,15,16)(H,17,18). The van der Waals surface area contributed by atoms with Gasteiger partial charge in [-0.2, -0.15) is 0 Å². The minimum absolute atomic E-state index is 0.0508. The maximum absolute atomic E-state index is 12.0. The van der Waals surface area contributed by atoms with Crippen LogP contribution in [0, 0.1) is 0 Å². The molecule has 0 saturated heterocycles. The van der Waals surface area contributed by atoms with Gasteiger partial charge in [-0.05, 0) is 31.5 Å². The third-order valence-corrected chi connectivity index (χ3v) is 4.04. The molecule has 2 atom stereocenters. The molecule has 0 spiro atoms. The van der Waals surface area contributed by atoms with Gasteiger partial charge in [0, 0.05) is 10.9 Å². The molecule has 1 rings (SSSR count). The Hall–Kier alpha value is -1.69.